The van der Waals surface area contributed by atoms with Crippen LogP contribution in [0.25, 0.3) is 10.8 Å². The molecule has 2 atom stereocenters. The molecule has 0 radical (unpaired) electrons. The first-order valence-corrected chi connectivity index (χ1v) is 7.23. The maximum absolute atomic E-state index is 13.8. The predicted molar refractivity (Wildman–Crippen MR) is 84.1 cm³/mol. The summed E-state index contributed by atoms with van der Waals surface area (Å²) in [6.07, 6.45) is 0.902. The predicted octanol–water partition coefficient (Wildman–Crippen LogP) is 5.05. The van der Waals surface area contributed by atoms with Gasteiger partial charge in [0.2, 0.25) is 0 Å². The Labute approximate surface area is 121 Å². The van der Waals surface area contributed by atoms with E-state index in [9.17, 15) is 4.39 Å². The SMILES string of the molecule is CC(CC(N)c1ccc(F)c2ccccc12)C(C)(C)C. The topological polar surface area (TPSA) is 26.0 Å². The first-order chi connectivity index (χ1) is 9.30. The van der Waals surface area contributed by atoms with Gasteiger partial charge in [0.05, 0.1) is 0 Å². The highest BCUT2D eigenvalue weighted by molar-refractivity contribution is 5.86. The van der Waals surface area contributed by atoms with E-state index in [-0.39, 0.29) is 17.3 Å². The van der Waals surface area contributed by atoms with Crippen molar-refractivity contribution < 1.29 is 4.39 Å². The van der Waals surface area contributed by atoms with Gasteiger partial charge in [0.25, 0.3) is 0 Å². The van der Waals surface area contributed by atoms with Crippen molar-refractivity contribution in [1.82, 2.24) is 0 Å². The number of nitrogens with two attached hydrogens (primary N) is 1. The molecule has 0 aliphatic heterocycles. The van der Waals surface area contributed by atoms with Gasteiger partial charge in [-0.1, -0.05) is 58.0 Å². The number of benzene rings is 2. The van der Waals surface area contributed by atoms with E-state index in [1.807, 2.05) is 30.3 Å². The summed E-state index contributed by atoms with van der Waals surface area (Å²) in [6, 6.07) is 10.9. The van der Waals surface area contributed by atoms with Gasteiger partial charge in [-0.05, 0) is 34.8 Å². The minimum atomic E-state index is -0.180. The molecule has 1 nitrogen and oxygen atoms in total. The Hall–Kier alpha value is -1.41. The van der Waals surface area contributed by atoms with Crippen LogP contribution in [-0.4, -0.2) is 0 Å². The molecule has 0 aliphatic carbocycles. The van der Waals surface area contributed by atoms with Crippen molar-refractivity contribution >= 4 is 10.8 Å². The fourth-order valence-corrected chi connectivity index (χ4v) is 2.47. The lowest BCUT2D eigenvalue weighted by Gasteiger charge is -2.30. The van der Waals surface area contributed by atoms with Gasteiger partial charge in [-0.2, -0.15) is 0 Å². The molecule has 0 spiro atoms. The summed E-state index contributed by atoms with van der Waals surface area (Å²) >= 11 is 0. The highest BCUT2D eigenvalue weighted by Crippen LogP contribution is 2.34. The molecule has 20 heavy (non-hydrogen) atoms. The lowest BCUT2D eigenvalue weighted by molar-refractivity contribution is 0.234. The van der Waals surface area contributed by atoms with Gasteiger partial charge in [-0.25, -0.2) is 4.39 Å². The van der Waals surface area contributed by atoms with Crippen LogP contribution in [0.4, 0.5) is 4.39 Å². The van der Waals surface area contributed by atoms with E-state index >= 15 is 0 Å². The molecule has 0 saturated heterocycles. The summed E-state index contributed by atoms with van der Waals surface area (Å²) in [5, 5.41) is 1.59. The van der Waals surface area contributed by atoms with Crippen LogP contribution in [0.1, 0.15) is 45.7 Å². The average molecular weight is 273 g/mol. The number of fused-ring (bicyclic) bond motifs is 1. The van der Waals surface area contributed by atoms with Crippen LogP contribution >= 0.6 is 0 Å². The molecule has 0 amide bonds. The van der Waals surface area contributed by atoms with Crippen LogP contribution < -0.4 is 5.73 Å². The molecule has 0 fully saturated rings. The monoisotopic (exact) mass is 273 g/mol. The molecule has 108 valence electrons. The van der Waals surface area contributed by atoms with E-state index in [1.54, 1.807) is 0 Å². The van der Waals surface area contributed by atoms with Gasteiger partial charge in [0, 0.05) is 11.4 Å². The molecule has 0 bridgehead atoms. The third-order valence-corrected chi connectivity index (χ3v) is 4.39. The largest absolute Gasteiger partial charge is 0.324 e. The van der Waals surface area contributed by atoms with E-state index in [2.05, 4.69) is 27.7 Å². The molecule has 0 saturated carbocycles. The molecule has 2 aromatic rings. The van der Waals surface area contributed by atoms with E-state index in [1.165, 1.54) is 6.07 Å². The summed E-state index contributed by atoms with van der Waals surface area (Å²) in [5.41, 5.74) is 7.66. The molecule has 2 unspecified atom stereocenters. The molecule has 2 N–H and O–H groups in total. The van der Waals surface area contributed by atoms with Gasteiger partial charge in [0.15, 0.2) is 0 Å². The molecule has 2 heteroatoms. The molecular weight excluding hydrogens is 249 g/mol. The second kappa shape index (κ2) is 5.53. The lowest BCUT2D eigenvalue weighted by Crippen LogP contribution is -2.23. The summed E-state index contributed by atoms with van der Waals surface area (Å²) < 4.78 is 13.8. The quantitative estimate of drug-likeness (QED) is 0.832. The Morgan fingerprint density at radius 2 is 1.65 bits per heavy atom. The number of hydrogen-bond acceptors (Lipinski definition) is 1. The molecule has 0 aliphatic rings. The second-order valence-electron chi connectivity index (χ2n) is 6.79. The number of hydrogen-bond donors (Lipinski definition) is 1. The van der Waals surface area contributed by atoms with Crippen molar-refractivity contribution in [2.45, 2.75) is 40.2 Å². The van der Waals surface area contributed by atoms with E-state index in [0.29, 0.717) is 11.3 Å². The van der Waals surface area contributed by atoms with Crippen LogP contribution in [-0.2, 0) is 0 Å². The summed E-state index contributed by atoms with van der Waals surface area (Å²) in [6.45, 7) is 8.92. The van der Waals surface area contributed by atoms with Gasteiger partial charge >= 0.3 is 0 Å². The third-order valence-electron chi connectivity index (χ3n) is 4.39. The summed E-state index contributed by atoms with van der Waals surface area (Å²) in [5.74, 6) is 0.321. The third kappa shape index (κ3) is 3.01. The Bertz CT molecular complexity index is 598. The number of halogens is 1. The number of rotatable bonds is 3. The maximum atomic E-state index is 13.8. The fourth-order valence-electron chi connectivity index (χ4n) is 2.47. The highest BCUT2D eigenvalue weighted by atomic mass is 19.1. The Balaban J connectivity index is 2.36. The second-order valence-corrected chi connectivity index (χ2v) is 6.79. The van der Waals surface area contributed by atoms with Gasteiger partial charge < -0.3 is 5.73 Å². The zero-order chi connectivity index (χ0) is 14.9. The molecular formula is C18H24FN. The fraction of sp³-hybridized carbons (Fsp3) is 0.444. The minimum absolute atomic E-state index is 0.0604. The van der Waals surface area contributed by atoms with Gasteiger partial charge in [-0.15, -0.1) is 0 Å². The van der Waals surface area contributed by atoms with Crippen molar-refractivity contribution in [2.75, 3.05) is 0 Å². The van der Waals surface area contributed by atoms with Crippen LogP contribution in [0.3, 0.4) is 0 Å². The Morgan fingerprint density at radius 3 is 2.25 bits per heavy atom. The standard InChI is InChI=1S/C18H24FN/c1-12(18(2,3)4)11-17(20)15-9-10-16(19)14-8-6-5-7-13(14)15/h5-10,12,17H,11,20H2,1-4H3. The average Bonchev–Trinajstić information content (AvgIpc) is 2.38. The van der Waals surface area contributed by atoms with Crippen LogP contribution in [0.5, 0.6) is 0 Å². The maximum Gasteiger partial charge on any atom is 0.131 e. The zero-order valence-electron chi connectivity index (χ0n) is 12.8. The Kier molecular flexibility index (Phi) is 4.14. The first-order valence-electron chi connectivity index (χ1n) is 7.23. The summed E-state index contributed by atoms with van der Waals surface area (Å²) in [4.78, 5) is 0. The zero-order valence-corrected chi connectivity index (χ0v) is 12.8. The van der Waals surface area contributed by atoms with Crippen molar-refractivity contribution in [3.63, 3.8) is 0 Å². The van der Waals surface area contributed by atoms with Crippen LogP contribution in [0.2, 0.25) is 0 Å². The lowest BCUT2D eigenvalue weighted by atomic mass is 9.77. The minimum Gasteiger partial charge on any atom is -0.324 e. The van der Waals surface area contributed by atoms with E-state index in [4.69, 9.17) is 5.73 Å². The van der Waals surface area contributed by atoms with Crippen molar-refractivity contribution in [1.29, 1.82) is 0 Å². The molecule has 2 aromatic carbocycles. The molecule has 0 aromatic heterocycles. The smallest absolute Gasteiger partial charge is 0.131 e. The van der Waals surface area contributed by atoms with E-state index in [0.717, 1.165) is 17.4 Å². The highest BCUT2D eigenvalue weighted by Gasteiger charge is 2.23. The Morgan fingerprint density at radius 1 is 1.05 bits per heavy atom. The molecule has 0 heterocycles. The summed E-state index contributed by atoms with van der Waals surface area (Å²) in [7, 11) is 0. The first kappa shape index (κ1) is 15.0. The van der Waals surface area contributed by atoms with Crippen LogP contribution in [0, 0.1) is 17.2 Å². The van der Waals surface area contributed by atoms with Crippen molar-refractivity contribution in [2.24, 2.45) is 17.1 Å². The van der Waals surface area contributed by atoms with Gasteiger partial charge in [0.1, 0.15) is 5.82 Å². The van der Waals surface area contributed by atoms with Crippen molar-refractivity contribution in [3.8, 4) is 0 Å². The molecule has 2 rings (SSSR count). The normalized spacial score (nSPS) is 15.3. The van der Waals surface area contributed by atoms with Gasteiger partial charge in [-0.3, -0.25) is 0 Å². The van der Waals surface area contributed by atoms with Crippen LogP contribution in [0.15, 0.2) is 36.4 Å². The van der Waals surface area contributed by atoms with Crippen molar-refractivity contribution in [3.05, 3.63) is 47.8 Å². The van der Waals surface area contributed by atoms with E-state index < -0.39 is 0 Å².